The van der Waals surface area contributed by atoms with Crippen LogP contribution in [-0.2, 0) is 6.42 Å². The molecule has 23 heavy (non-hydrogen) atoms. The van der Waals surface area contributed by atoms with Crippen molar-refractivity contribution in [1.29, 1.82) is 0 Å². The fraction of sp³-hybridized carbons (Fsp3) is 0.333. The Morgan fingerprint density at radius 2 is 1.91 bits per heavy atom. The van der Waals surface area contributed by atoms with Crippen molar-refractivity contribution in [3.63, 3.8) is 0 Å². The molecule has 0 radical (unpaired) electrons. The Morgan fingerprint density at radius 3 is 2.52 bits per heavy atom. The van der Waals surface area contributed by atoms with Crippen LogP contribution in [0.1, 0.15) is 28.7 Å². The van der Waals surface area contributed by atoms with Gasteiger partial charge in [0.2, 0.25) is 0 Å². The maximum absolute atomic E-state index is 11.7. The zero-order chi connectivity index (χ0) is 16.8. The second-order valence-corrected chi connectivity index (χ2v) is 5.68. The molecule has 0 spiro atoms. The average Bonchev–Trinajstić information content (AvgIpc) is 2.53. The van der Waals surface area contributed by atoms with Gasteiger partial charge in [-0.15, -0.1) is 0 Å². The quantitative estimate of drug-likeness (QED) is 0.465. The van der Waals surface area contributed by atoms with Gasteiger partial charge >= 0.3 is 0 Å². The highest BCUT2D eigenvalue weighted by Gasteiger charge is 2.23. The molecule has 0 aromatic heterocycles. The van der Waals surface area contributed by atoms with Crippen LogP contribution >= 0.6 is 0 Å². The maximum Gasteiger partial charge on any atom is 0.296 e. The first-order chi connectivity index (χ1) is 11.0. The summed E-state index contributed by atoms with van der Waals surface area (Å²) in [7, 11) is 0. The molecule has 2 rings (SSSR count). The molecule has 5 heteroatoms. The lowest BCUT2D eigenvalue weighted by molar-refractivity contribution is -0.384. The summed E-state index contributed by atoms with van der Waals surface area (Å²) in [5, 5.41) is 14.8. The zero-order valence-corrected chi connectivity index (χ0v) is 13.6. The molecule has 2 aromatic rings. The molecule has 0 bridgehead atoms. The van der Waals surface area contributed by atoms with Gasteiger partial charge < -0.3 is 11.1 Å². The predicted molar refractivity (Wildman–Crippen MR) is 94.0 cm³/mol. The maximum atomic E-state index is 11.7. The fourth-order valence-electron chi connectivity index (χ4n) is 2.66. The molecule has 0 saturated heterocycles. The summed E-state index contributed by atoms with van der Waals surface area (Å²) >= 11 is 0. The number of nitrogens with one attached hydrogen (secondary N) is 1. The summed E-state index contributed by atoms with van der Waals surface area (Å²) in [4.78, 5) is 11.4. The SMILES string of the molecule is Cc1cc(NCCCN)c([N+](=O)[O-])c(Cc2ccccc2)c1C. The third-order valence-electron chi connectivity index (χ3n) is 4.05. The van der Waals surface area contributed by atoms with Crippen molar-refractivity contribution in [2.75, 3.05) is 18.4 Å². The molecular formula is C18H23N3O2. The summed E-state index contributed by atoms with van der Waals surface area (Å²) in [5.41, 5.74) is 10.1. The van der Waals surface area contributed by atoms with Crippen molar-refractivity contribution in [2.24, 2.45) is 5.73 Å². The van der Waals surface area contributed by atoms with Crippen LogP contribution in [0.4, 0.5) is 11.4 Å². The Morgan fingerprint density at radius 1 is 1.22 bits per heavy atom. The molecule has 122 valence electrons. The van der Waals surface area contributed by atoms with Crippen molar-refractivity contribution in [2.45, 2.75) is 26.7 Å². The van der Waals surface area contributed by atoms with Crippen LogP contribution in [0.2, 0.25) is 0 Å². The molecule has 3 N–H and O–H groups in total. The van der Waals surface area contributed by atoms with Crippen molar-refractivity contribution in [3.8, 4) is 0 Å². The smallest absolute Gasteiger partial charge is 0.296 e. The third kappa shape index (κ3) is 4.07. The first kappa shape index (κ1) is 17.0. The van der Waals surface area contributed by atoms with E-state index >= 15 is 0 Å². The van der Waals surface area contributed by atoms with Gasteiger partial charge in [-0.3, -0.25) is 10.1 Å². The van der Waals surface area contributed by atoms with Crippen LogP contribution in [0.25, 0.3) is 0 Å². The predicted octanol–water partition coefficient (Wildman–Crippen LogP) is 3.56. The number of nitro groups is 1. The van der Waals surface area contributed by atoms with Gasteiger partial charge in [0, 0.05) is 18.5 Å². The minimum Gasteiger partial charge on any atom is -0.379 e. The molecule has 0 fully saturated rings. The Balaban J connectivity index is 2.47. The van der Waals surface area contributed by atoms with Crippen LogP contribution in [-0.4, -0.2) is 18.0 Å². The highest BCUT2D eigenvalue weighted by Crippen LogP contribution is 2.35. The summed E-state index contributed by atoms with van der Waals surface area (Å²) in [6.45, 7) is 5.12. The Hall–Kier alpha value is -2.40. The van der Waals surface area contributed by atoms with E-state index in [-0.39, 0.29) is 10.6 Å². The van der Waals surface area contributed by atoms with Gasteiger partial charge in [-0.05, 0) is 49.6 Å². The Labute approximate surface area is 136 Å². The van der Waals surface area contributed by atoms with Gasteiger partial charge in [0.15, 0.2) is 0 Å². The number of nitrogens with two attached hydrogens (primary N) is 1. The summed E-state index contributed by atoms with van der Waals surface area (Å²) in [6, 6.07) is 11.7. The lowest BCUT2D eigenvalue weighted by Gasteiger charge is -2.15. The van der Waals surface area contributed by atoms with Crippen LogP contribution in [0.3, 0.4) is 0 Å². The monoisotopic (exact) mass is 313 g/mol. The van der Waals surface area contributed by atoms with E-state index in [1.54, 1.807) is 0 Å². The molecule has 0 aliphatic rings. The number of aryl methyl sites for hydroxylation is 1. The normalized spacial score (nSPS) is 10.6. The summed E-state index contributed by atoms with van der Waals surface area (Å²) in [6.07, 6.45) is 1.33. The number of anilines is 1. The van der Waals surface area contributed by atoms with Crippen molar-refractivity contribution < 1.29 is 4.92 Å². The Bertz CT molecular complexity index is 684. The van der Waals surface area contributed by atoms with E-state index in [1.165, 1.54) is 0 Å². The van der Waals surface area contributed by atoms with Gasteiger partial charge in [0.1, 0.15) is 5.69 Å². The van der Waals surface area contributed by atoms with Crippen molar-refractivity contribution in [3.05, 3.63) is 68.8 Å². The molecule has 0 aliphatic heterocycles. The molecule has 0 saturated carbocycles. The number of rotatable bonds is 7. The molecule has 5 nitrogen and oxygen atoms in total. The lowest BCUT2D eigenvalue weighted by atomic mass is 9.94. The topological polar surface area (TPSA) is 81.2 Å². The van der Waals surface area contributed by atoms with Gasteiger partial charge in [0.25, 0.3) is 5.69 Å². The average molecular weight is 313 g/mol. The van der Waals surface area contributed by atoms with Crippen LogP contribution < -0.4 is 11.1 Å². The van der Waals surface area contributed by atoms with E-state index in [1.807, 2.05) is 50.2 Å². The molecule has 0 heterocycles. The van der Waals surface area contributed by atoms with E-state index in [2.05, 4.69) is 5.32 Å². The van der Waals surface area contributed by atoms with E-state index < -0.39 is 0 Å². The zero-order valence-electron chi connectivity index (χ0n) is 13.6. The Kier molecular flexibility index (Phi) is 5.71. The molecule has 0 unspecified atom stereocenters. The van der Waals surface area contributed by atoms with E-state index in [0.29, 0.717) is 25.2 Å². The first-order valence-electron chi connectivity index (χ1n) is 7.80. The number of nitro benzene ring substituents is 1. The first-order valence-corrected chi connectivity index (χ1v) is 7.80. The van der Waals surface area contributed by atoms with Crippen LogP contribution in [0.15, 0.2) is 36.4 Å². The highest BCUT2D eigenvalue weighted by molar-refractivity contribution is 5.70. The molecule has 0 amide bonds. The van der Waals surface area contributed by atoms with Gasteiger partial charge in [0.05, 0.1) is 4.92 Å². The van der Waals surface area contributed by atoms with Gasteiger partial charge in [-0.2, -0.15) is 0 Å². The van der Waals surface area contributed by atoms with Crippen molar-refractivity contribution >= 4 is 11.4 Å². The largest absolute Gasteiger partial charge is 0.379 e. The second kappa shape index (κ2) is 7.74. The number of hydrogen-bond donors (Lipinski definition) is 2. The number of nitrogens with zero attached hydrogens (tertiary/aromatic N) is 1. The van der Waals surface area contributed by atoms with E-state index in [0.717, 1.165) is 28.7 Å². The third-order valence-corrected chi connectivity index (χ3v) is 4.05. The number of hydrogen-bond acceptors (Lipinski definition) is 4. The molecule has 2 aromatic carbocycles. The highest BCUT2D eigenvalue weighted by atomic mass is 16.6. The fourth-order valence-corrected chi connectivity index (χ4v) is 2.66. The minimum absolute atomic E-state index is 0.175. The second-order valence-electron chi connectivity index (χ2n) is 5.68. The molecule has 0 atom stereocenters. The molecule has 0 aliphatic carbocycles. The van der Waals surface area contributed by atoms with Crippen LogP contribution in [0, 0.1) is 24.0 Å². The summed E-state index contributed by atoms with van der Waals surface area (Å²) < 4.78 is 0. The van der Waals surface area contributed by atoms with Crippen LogP contribution in [0.5, 0.6) is 0 Å². The van der Waals surface area contributed by atoms with Crippen molar-refractivity contribution in [1.82, 2.24) is 0 Å². The molecular weight excluding hydrogens is 290 g/mol. The van der Waals surface area contributed by atoms with E-state index in [9.17, 15) is 10.1 Å². The minimum atomic E-state index is -0.282. The lowest BCUT2D eigenvalue weighted by Crippen LogP contribution is -2.11. The van der Waals surface area contributed by atoms with Gasteiger partial charge in [-0.1, -0.05) is 30.3 Å². The standard InChI is InChI=1S/C18H23N3O2/c1-13-11-17(20-10-6-9-19)18(21(22)23)16(14(13)2)12-15-7-4-3-5-8-15/h3-5,7-8,11,20H,6,9-10,12,19H2,1-2H3. The van der Waals surface area contributed by atoms with Gasteiger partial charge in [-0.25, -0.2) is 0 Å². The number of benzene rings is 2. The summed E-state index contributed by atoms with van der Waals surface area (Å²) in [5.74, 6) is 0. The van der Waals surface area contributed by atoms with E-state index in [4.69, 9.17) is 5.73 Å².